The average Bonchev–Trinajstić information content (AvgIpc) is 2.17. The van der Waals surface area contributed by atoms with Crippen molar-refractivity contribution in [3.8, 4) is 0 Å². The van der Waals surface area contributed by atoms with Crippen molar-refractivity contribution in [2.45, 2.75) is 0 Å². The minimum absolute atomic E-state index is 0.200. The average molecular weight is 166 g/mol. The molecule has 0 saturated carbocycles. The third-order valence-corrected chi connectivity index (χ3v) is 1.43. The van der Waals surface area contributed by atoms with Crippen LogP contribution in [0.15, 0.2) is 18.6 Å². The van der Waals surface area contributed by atoms with E-state index in [1.807, 2.05) is 0 Å². The molecule has 0 aliphatic heterocycles. The van der Waals surface area contributed by atoms with Crippen LogP contribution in [0.5, 0.6) is 0 Å². The number of aromatic nitrogens is 2. The Balaban J connectivity index is 2.78. The number of carbonyl (C=O) groups excluding carboxylic acids is 1. The van der Waals surface area contributed by atoms with E-state index >= 15 is 0 Å². The van der Waals surface area contributed by atoms with Gasteiger partial charge in [0, 0.05) is 20.3 Å². The summed E-state index contributed by atoms with van der Waals surface area (Å²) >= 11 is 0. The molecular weight excluding hydrogens is 156 g/mol. The molecule has 0 atom stereocenters. The zero-order valence-electron chi connectivity index (χ0n) is 6.98. The van der Waals surface area contributed by atoms with Gasteiger partial charge in [0.15, 0.2) is 0 Å². The van der Waals surface area contributed by atoms with Gasteiger partial charge in [0.1, 0.15) is 12.1 Å². The zero-order valence-corrected chi connectivity index (χ0v) is 6.98. The highest BCUT2D eigenvalue weighted by atomic mass is 16.2. The number of amides is 2. The first-order chi connectivity index (χ1) is 5.75. The van der Waals surface area contributed by atoms with Crippen molar-refractivity contribution in [3.63, 3.8) is 0 Å². The van der Waals surface area contributed by atoms with Gasteiger partial charge in [-0.3, -0.25) is 4.90 Å². The Morgan fingerprint density at radius 1 is 1.67 bits per heavy atom. The standard InChI is InChI=1S/C7H10N4O/c1-8-7(12)11(2)6-3-4-9-5-10-6/h3-5H,1-2H3,(H,8,12). The highest BCUT2D eigenvalue weighted by Crippen LogP contribution is 2.04. The van der Waals surface area contributed by atoms with Gasteiger partial charge in [-0.1, -0.05) is 0 Å². The van der Waals surface area contributed by atoms with Crippen LogP contribution in [0.25, 0.3) is 0 Å². The van der Waals surface area contributed by atoms with Gasteiger partial charge in [-0.2, -0.15) is 0 Å². The van der Waals surface area contributed by atoms with Crippen molar-refractivity contribution in [2.75, 3.05) is 19.0 Å². The Hall–Kier alpha value is -1.65. The molecule has 1 rings (SSSR count). The second kappa shape index (κ2) is 3.66. The minimum Gasteiger partial charge on any atom is -0.341 e. The molecule has 1 heterocycles. The summed E-state index contributed by atoms with van der Waals surface area (Å²) < 4.78 is 0. The quantitative estimate of drug-likeness (QED) is 0.650. The Labute approximate surface area is 70.4 Å². The summed E-state index contributed by atoms with van der Waals surface area (Å²) in [7, 11) is 3.21. The summed E-state index contributed by atoms with van der Waals surface area (Å²) in [6, 6.07) is 1.46. The van der Waals surface area contributed by atoms with Crippen LogP contribution in [0.4, 0.5) is 10.6 Å². The van der Waals surface area contributed by atoms with Crippen LogP contribution in [0.2, 0.25) is 0 Å². The van der Waals surface area contributed by atoms with Crippen molar-refractivity contribution in [1.82, 2.24) is 15.3 Å². The summed E-state index contributed by atoms with van der Waals surface area (Å²) in [4.78, 5) is 20.1. The fourth-order valence-electron chi connectivity index (χ4n) is 0.754. The second-order valence-corrected chi connectivity index (χ2v) is 2.18. The first kappa shape index (κ1) is 8.45. The molecule has 5 nitrogen and oxygen atoms in total. The molecule has 2 amide bonds. The van der Waals surface area contributed by atoms with Gasteiger partial charge in [0.2, 0.25) is 0 Å². The topological polar surface area (TPSA) is 58.1 Å². The first-order valence-corrected chi connectivity index (χ1v) is 3.47. The molecule has 1 N–H and O–H groups in total. The molecule has 0 saturated heterocycles. The van der Waals surface area contributed by atoms with Gasteiger partial charge in [-0.15, -0.1) is 0 Å². The molecule has 0 bridgehead atoms. The molecule has 1 aromatic heterocycles. The molecular formula is C7H10N4O. The van der Waals surface area contributed by atoms with Gasteiger partial charge < -0.3 is 5.32 Å². The number of hydrogen-bond acceptors (Lipinski definition) is 3. The van der Waals surface area contributed by atoms with Crippen LogP contribution in [0.1, 0.15) is 0 Å². The summed E-state index contributed by atoms with van der Waals surface area (Å²) in [5.41, 5.74) is 0. The lowest BCUT2D eigenvalue weighted by atomic mass is 10.5. The Kier molecular flexibility index (Phi) is 2.57. The van der Waals surface area contributed by atoms with E-state index in [2.05, 4.69) is 15.3 Å². The van der Waals surface area contributed by atoms with Gasteiger partial charge in [-0.25, -0.2) is 14.8 Å². The molecule has 0 fully saturated rings. The molecule has 1 aromatic rings. The van der Waals surface area contributed by atoms with Crippen molar-refractivity contribution < 1.29 is 4.79 Å². The lowest BCUT2D eigenvalue weighted by Crippen LogP contribution is -2.35. The van der Waals surface area contributed by atoms with E-state index in [1.54, 1.807) is 26.4 Å². The van der Waals surface area contributed by atoms with Crippen molar-refractivity contribution >= 4 is 11.8 Å². The van der Waals surface area contributed by atoms with E-state index in [-0.39, 0.29) is 6.03 Å². The number of carbonyl (C=O) groups is 1. The minimum atomic E-state index is -0.200. The fraction of sp³-hybridized carbons (Fsp3) is 0.286. The summed E-state index contributed by atoms with van der Waals surface area (Å²) in [5.74, 6) is 0.573. The summed E-state index contributed by atoms with van der Waals surface area (Å²) in [6.07, 6.45) is 2.98. The maximum absolute atomic E-state index is 11.1. The fourth-order valence-corrected chi connectivity index (χ4v) is 0.754. The van der Waals surface area contributed by atoms with Crippen LogP contribution in [0, 0.1) is 0 Å². The van der Waals surface area contributed by atoms with E-state index in [0.29, 0.717) is 5.82 Å². The highest BCUT2D eigenvalue weighted by molar-refractivity contribution is 5.89. The molecule has 0 aliphatic rings. The van der Waals surface area contributed by atoms with Gasteiger partial charge in [0.25, 0.3) is 0 Å². The van der Waals surface area contributed by atoms with Gasteiger partial charge >= 0.3 is 6.03 Å². The first-order valence-electron chi connectivity index (χ1n) is 3.47. The number of hydrogen-bond donors (Lipinski definition) is 1. The van der Waals surface area contributed by atoms with Crippen LogP contribution in [-0.4, -0.2) is 30.1 Å². The molecule has 0 radical (unpaired) electrons. The van der Waals surface area contributed by atoms with E-state index in [9.17, 15) is 4.79 Å². The SMILES string of the molecule is CNC(=O)N(C)c1ccncn1. The number of anilines is 1. The summed E-state index contributed by atoms with van der Waals surface area (Å²) in [5, 5.41) is 2.49. The van der Waals surface area contributed by atoms with Crippen LogP contribution >= 0.6 is 0 Å². The van der Waals surface area contributed by atoms with Crippen LogP contribution in [-0.2, 0) is 0 Å². The van der Waals surface area contributed by atoms with E-state index < -0.39 is 0 Å². The van der Waals surface area contributed by atoms with E-state index in [1.165, 1.54) is 11.2 Å². The second-order valence-electron chi connectivity index (χ2n) is 2.18. The summed E-state index contributed by atoms with van der Waals surface area (Å²) in [6.45, 7) is 0. The molecule has 0 aromatic carbocycles. The van der Waals surface area contributed by atoms with Crippen LogP contribution < -0.4 is 10.2 Å². The smallest absolute Gasteiger partial charge is 0.322 e. The highest BCUT2D eigenvalue weighted by Gasteiger charge is 2.07. The van der Waals surface area contributed by atoms with E-state index in [4.69, 9.17) is 0 Å². The van der Waals surface area contributed by atoms with Gasteiger partial charge in [-0.05, 0) is 6.07 Å². The van der Waals surface area contributed by atoms with E-state index in [0.717, 1.165) is 0 Å². The predicted octanol–water partition coefficient (Wildman–Crippen LogP) is 0.252. The molecule has 0 unspecified atom stereocenters. The Morgan fingerprint density at radius 2 is 2.42 bits per heavy atom. The number of rotatable bonds is 1. The third-order valence-electron chi connectivity index (χ3n) is 1.43. The Bertz CT molecular complexity index is 261. The van der Waals surface area contributed by atoms with Crippen LogP contribution in [0.3, 0.4) is 0 Å². The largest absolute Gasteiger partial charge is 0.341 e. The van der Waals surface area contributed by atoms with Crippen molar-refractivity contribution in [1.29, 1.82) is 0 Å². The number of nitrogens with zero attached hydrogens (tertiary/aromatic N) is 3. The normalized spacial score (nSPS) is 9.17. The Morgan fingerprint density at radius 3 is 2.92 bits per heavy atom. The molecule has 0 spiro atoms. The predicted molar refractivity (Wildman–Crippen MR) is 44.9 cm³/mol. The number of urea groups is 1. The monoisotopic (exact) mass is 166 g/mol. The number of nitrogens with one attached hydrogen (secondary N) is 1. The lowest BCUT2D eigenvalue weighted by molar-refractivity contribution is 0.249. The zero-order chi connectivity index (χ0) is 8.97. The molecule has 0 aliphatic carbocycles. The molecule has 5 heteroatoms. The maximum Gasteiger partial charge on any atom is 0.322 e. The van der Waals surface area contributed by atoms with Crippen molar-refractivity contribution in [2.24, 2.45) is 0 Å². The molecule has 12 heavy (non-hydrogen) atoms. The lowest BCUT2D eigenvalue weighted by Gasteiger charge is -2.14. The molecule has 64 valence electrons. The van der Waals surface area contributed by atoms with Gasteiger partial charge in [0.05, 0.1) is 0 Å². The third kappa shape index (κ3) is 1.69. The van der Waals surface area contributed by atoms with Crippen molar-refractivity contribution in [3.05, 3.63) is 18.6 Å². The maximum atomic E-state index is 11.1.